The van der Waals surface area contributed by atoms with Crippen LogP contribution in [-0.2, 0) is 14.3 Å². The molecule has 2 aliphatic heterocycles. The van der Waals surface area contributed by atoms with E-state index in [1.807, 2.05) is 0 Å². The van der Waals surface area contributed by atoms with Gasteiger partial charge in [0.1, 0.15) is 23.1 Å². The molecule has 8 heteroatoms. The predicted molar refractivity (Wildman–Crippen MR) is 81.6 cm³/mol. The van der Waals surface area contributed by atoms with Gasteiger partial charge in [-0.1, -0.05) is 15.9 Å². The number of hydrogen-bond acceptors (Lipinski definition) is 4. The molecule has 2 heterocycles. The first-order chi connectivity index (χ1) is 10.8. The smallest absolute Gasteiger partial charge is 0.405 e. The van der Waals surface area contributed by atoms with Crippen molar-refractivity contribution in [3.8, 4) is 5.75 Å². The molecule has 1 aromatic rings. The topological polar surface area (TPSA) is 48.1 Å². The largest absolute Gasteiger partial charge is 0.573 e. The highest BCUT2D eigenvalue weighted by Gasteiger charge is 2.79. The van der Waals surface area contributed by atoms with Gasteiger partial charge in [-0.2, -0.15) is 0 Å². The highest BCUT2D eigenvalue weighted by atomic mass is 79.9. The number of epoxide rings is 1. The molecule has 2 saturated heterocycles. The van der Waals surface area contributed by atoms with Crippen molar-refractivity contribution in [2.75, 3.05) is 0 Å². The number of ether oxygens (including phenoxy) is 3. The molecule has 0 bridgehead atoms. The number of Topliss-reactive ketones (excluding diaryl/α,β-unsaturated/α-hetero) is 1. The van der Waals surface area contributed by atoms with E-state index in [1.54, 1.807) is 27.7 Å². The standard InChI is InChI=1S/C16H16BrF3O4/c1-13(2)12(21)15(14(3,4)24-13)11(23-15)9-7-8(17)5-6-10(9)22-16(18,19)20/h5-7,11H,1-4H3. The number of hydrogen-bond donors (Lipinski definition) is 0. The van der Waals surface area contributed by atoms with Crippen molar-refractivity contribution in [1.29, 1.82) is 0 Å². The summed E-state index contributed by atoms with van der Waals surface area (Å²) in [6.45, 7) is 6.64. The SMILES string of the molecule is CC1(C)OC(C)(C)C2(OC2c2cc(Br)ccc2OC(F)(F)F)C1=O. The molecule has 2 atom stereocenters. The molecule has 2 fully saturated rings. The van der Waals surface area contributed by atoms with Gasteiger partial charge in [0.15, 0.2) is 5.60 Å². The number of rotatable bonds is 2. The van der Waals surface area contributed by atoms with Crippen LogP contribution in [0.1, 0.15) is 39.4 Å². The van der Waals surface area contributed by atoms with E-state index in [2.05, 4.69) is 20.7 Å². The zero-order valence-corrected chi connectivity index (χ0v) is 15.0. The molecular formula is C16H16BrF3O4. The van der Waals surface area contributed by atoms with Gasteiger partial charge < -0.3 is 14.2 Å². The van der Waals surface area contributed by atoms with Gasteiger partial charge in [0, 0.05) is 10.0 Å². The lowest BCUT2D eigenvalue weighted by Crippen LogP contribution is -2.41. The molecule has 0 saturated carbocycles. The molecule has 2 unspecified atom stereocenters. The fourth-order valence-electron chi connectivity index (χ4n) is 3.49. The van der Waals surface area contributed by atoms with Crippen LogP contribution in [0, 0.1) is 0 Å². The zero-order valence-electron chi connectivity index (χ0n) is 13.5. The minimum Gasteiger partial charge on any atom is -0.405 e. The molecule has 0 N–H and O–H groups in total. The van der Waals surface area contributed by atoms with Crippen LogP contribution < -0.4 is 4.74 Å². The van der Waals surface area contributed by atoms with E-state index in [9.17, 15) is 18.0 Å². The number of alkyl halides is 3. The van der Waals surface area contributed by atoms with Crippen molar-refractivity contribution in [3.63, 3.8) is 0 Å². The minimum absolute atomic E-state index is 0.157. The minimum atomic E-state index is -4.84. The zero-order chi connectivity index (χ0) is 18.1. The van der Waals surface area contributed by atoms with Crippen LogP contribution in [0.4, 0.5) is 13.2 Å². The maximum absolute atomic E-state index is 12.8. The number of ketones is 1. The van der Waals surface area contributed by atoms with Gasteiger partial charge in [0.2, 0.25) is 5.78 Å². The predicted octanol–water partition coefficient (Wildman–Crippen LogP) is 4.31. The number of halogens is 4. The lowest BCUT2D eigenvalue weighted by molar-refractivity contribution is -0.275. The van der Waals surface area contributed by atoms with Crippen molar-refractivity contribution < 1.29 is 32.2 Å². The third-order valence-corrected chi connectivity index (χ3v) is 4.88. The highest BCUT2D eigenvalue weighted by molar-refractivity contribution is 9.10. The monoisotopic (exact) mass is 408 g/mol. The van der Waals surface area contributed by atoms with E-state index < -0.39 is 29.3 Å². The van der Waals surface area contributed by atoms with Crippen LogP contribution in [0.3, 0.4) is 0 Å². The van der Waals surface area contributed by atoms with Gasteiger partial charge in [0.05, 0.1) is 0 Å². The molecule has 0 amide bonds. The molecule has 1 spiro atoms. The second-order valence-electron chi connectivity index (χ2n) is 6.92. The number of benzene rings is 1. The summed E-state index contributed by atoms with van der Waals surface area (Å²) in [5, 5.41) is 0. The first-order valence-corrected chi connectivity index (χ1v) is 8.07. The Bertz CT molecular complexity index is 714. The molecule has 0 radical (unpaired) electrons. The van der Waals surface area contributed by atoms with Crippen LogP contribution in [0.5, 0.6) is 5.75 Å². The Balaban J connectivity index is 2.04. The lowest BCUT2D eigenvalue weighted by atomic mass is 9.81. The molecule has 132 valence electrons. The molecule has 1 aromatic carbocycles. The van der Waals surface area contributed by atoms with E-state index in [4.69, 9.17) is 9.47 Å². The maximum Gasteiger partial charge on any atom is 0.573 e. The van der Waals surface area contributed by atoms with E-state index in [1.165, 1.54) is 18.2 Å². The average molecular weight is 409 g/mol. The normalized spacial score (nSPS) is 30.7. The molecule has 2 aliphatic rings. The van der Waals surface area contributed by atoms with Crippen molar-refractivity contribution in [3.05, 3.63) is 28.2 Å². The van der Waals surface area contributed by atoms with Crippen LogP contribution in [0.15, 0.2) is 22.7 Å². The van der Waals surface area contributed by atoms with Crippen molar-refractivity contribution in [1.82, 2.24) is 0 Å². The Morgan fingerprint density at radius 1 is 1.21 bits per heavy atom. The van der Waals surface area contributed by atoms with Gasteiger partial charge in [-0.05, 0) is 45.9 Å². The molecular weight excluding hydrogens is 393 g/mol. The summed E-state index contributed by atoms with van der Waals surface area (Å²) >= 11 is 3.23. The third kappa shape index (κ3) is 2.55. The summed E-state index contributed by atoms with van der Waals surface area (Å²) < 4.78 is 54.1. The van der Waals surface area contributed by atoms with E-state index in [0.29, 0.717) is 4.47 Å². The third-order valence-electron chi connectivity index (χ3n) is 4.38. The van der Waals surface area contributed by atoms with Crippen molar-refractivity contribution in [2.45, 2.75) is 57.0 Å². The summed E-state index contributed by atoms with van der Waals surface area (Å²) in [7, 11) is 0. The molecule has 0 aromatic heterocycles. The second-order valence-corrected chi connectivity index (χ2v) is 7.83. The maximum atomic E-state index is 12.8. The summed E-state index contributed by atoms with van der Waals surface area (Å²) in [4.78, 5) is 12.8. The highest BCUT2D eigenvalue weighted by Crippen LogP contribution is 2.64. The van der Waals surface area contributed by atoms with E-state index in [0.717, 1.165) is 0 Å². The van der Waals surface area contributed by atoms with Gasteiger partial charge in [-0.25, -0.2) is 0 Å². The summed E-state index contributed by atoms with van der Waals surface area (Å²) in [6.07, 6.45) is -5.70. The molecule has 24 heavy (non-hydrogen) atoms. The summed E-state index contributed by atoms with van der Waals surface area (Å²) in [5.41, 5.74) is -3.21. The van der Waals surface area contributed by atoms with Gasteiger partial charge in [-0.15, -0.1) is 13.2 Å². The molecule has 4 nitrogen and oxygen atoms in total. The summed E-state index contributed by atoms with van der Waals surface area (Å²) in [6, 6.07) is 4.09. The Hall–Kier alpha value is -1.12. The van der Waals surface area contributed by atoms with E-state index in [-0.39, 0.29) is 17.1 Å². The fraction of sp³-hybridized carbons (Fsp3) is 0.562. The van der Waals surface area contributed by atoms with Crippen LogP contribution in [-0.4, -0.2) is 28.9 Å². The van der Waals surface area contributed by atoms with Crippen LogP contribution >= 0.6 is 15.9 Å². The van der Waals surface area contributed by atoms with E-state index >= 15 is 0 Å². The fourth-order valence-corrected chi connectivity index (χ4v) is 3.87. The molecule has 3 rings (SSSR count). The van der Waals surface area contributed by atoms with Crippen LogP contribution in [0.2, 0.25) is 0 Å². The van der Waals surface area contributed by atoms with Gasteiger partial charge >= 0.3 is 6.36 Å². The van der Waals surface area contributed by atoms with Crippen molar-refractivity contribution >= 4 is 21.7 Å². The van der Waals surface area contributed by atoms with Crippen molar-refractivity contribution in [2.24, 2.45) is 0 Å². The molecule has 0 aliphatic carbocycles. The average Bonchev–Trinajstić information content (AvgIpc) is 3.11. The second kappa shape index (κ2) is 4.95. The van der Waals surface area contributed by atoms with Gasteiger partial charge in [0.25, 0.3) is 0 Å². The Kier molecular flexibility index (Phi) is 3.65. The van der Waals surface area contributed by atoms with Gasteiger partial charge in [-0.3, -0.25) is 4.79 Å². The lowest BCUT2D eigenvalue weighted by Gasteiger charge is -2.24. The first-order valence-electron chi connectivity index (χ1n) is 7.28. The summed E-state index contributed by atoms with van der Waals surface area (Å²) in [5.74, 6) is -0.677. The Morgan fingerprint density at radius 3 is 2.33 bits per heavy atom. The Morgan fingerprint density at radius 2 is 1.83 bits per heavy atom. The van der Waals surface area contributed by atoms with Crippen LogP contribution in [0.25, 0.3) is 0 Å². The number of carbonyl (C=O) groups is 1. The first kappa shape index (κ1) is 17.7. The number of carbonyl (C=O) groups excluding carboxylic acids is 1. The quantitative estimate of drug-likeness (QED) is 0.683. The Labute approximate surface area is 145 Å².